The van der Waals surface area contributed by atoms with E-state index in [1.54, 1.807) is 0 Å². The molecule has 0 amide bonds. The molecule has 0 fully saturated rings. The van der Waals surface area contributed by atoms with Crippen LogP contribution in [-0.2, 0) is 0 Å². The monoisotopic (exact) mass is 291 g/mol. The van der Waals surface area contributed by atoms with Crippen LogP contribution in [0, 0.1) is 0 Å². The molecule has 0 aliphatic carbocycles. The van der Waals surface area contributed by atoms with Gasteiger partial charge in [0.25, 0.3) is 0 Å². The minimum absolute atomic E-state index is 0. The van der Waals surface area contributed by atoms with Crippen molar-refractivity contribution in [2.45, 2.75) is 0 Å². The van der Waals surface area contributed by atoms with E-state index in [1.807, 2.05) is 60.7 Å². The van der Waals surface area contributed by atoms with Gasteiger partial charge in [-0.05, 0) is 36.4 Å². The van der Waals surface area contributed by atoms with Crippen LogP contribution in [0.3, 0.4) is 0 Å². The van der Waals surface area contributed by atoms with E-state index >= 15 is 0 Å². The zero-order chi connectivity index (χ0) is 13.8. The minimum Gasteiger partial charge on any atom is -0.412 e. The van der Waals surface area contributed by atoms with Gasteiger partial charge in [0, 0.05) is 17.1 Å². The Bertz CT molecular complexity index is 633. The number of nitrogens with zero attached hydrogens (tertiary/aromatic N) is 1. The lowest BCUT2D eigenvalue weighted by atomic mass is 9.96. The first-order chi connectivity index (χ1) is 9.84. The summed E-state index contributed by atoms with van der Waals surface area (Å²) in [7, 11) is 5.79. The topological polar surface area (TPSA) is 66.2 Å². The van der Waals surface area contributed by atoms with Crippen molar-refractivity contribution in [1.82, 2.24) is 0 Å². The van der Waals surface area contributed by atoms with Crippen LogP contribution in [0.5, 0.6) is 0 Å². The van der Waals surface area contributed by atoms with Crippen LogP contribution in [0.1, 0.15) is 0 Å². The van der Waals surface area contributed by atoms with Gasteiger partial charge in [-0.2, -0.15) is 0 Å². The lowest BCUT2D eigenvalue weighted by Gasteiger charge is -2.25. The normalized spacial score (nSPS) is 9.27. The van der Waals surface area contributed by atoms with Gasteiger partial charge in [-0.1, -0.05) is 54.0 Å². The zero-order valence-corrected chi connectivity index (χ0v) is 12.1. The third-order valence-corrected chi connectivity index (χ3v) is 3.18. The van der Waals surface area contributed by atoms with Gasteiger partial charge in [-0.25, -0.2) is 0 Å². The Morgan fingerprint density at radius 2 is 0.864 bits per heavy atom. The molecule has 0 spiro atoms. The summed E-state index contributed by atoms with van der Waals surface area (Å²) in [5.74, 6) is 0. The highest BCUT2D eigenvalue weighted by Gasteiger charge is 2.10. The fraction of sp³-hybridized carbons (Fsp3) is 0. The van der Waals surface area contributed by atoms with E-state index in [2.05, 4.69) is 29.2 Å². The molecule has 0 aliphatic heterocycles. The molecule has 3 nitrogen and oxygen atoms in total. The first kappa shape index (κ1) is 17.5. The van der Waals surface area contributed by atoms with Crippen LogP contribution in [0.25, 0.3) is 0 Å². The molecule has 0 aromatic heterocycles. The number of anilines is 3. The molecule has 0 bridgehead atoms. The highest BCUT2D eigenvalue weighted by Crippen LogP contribution is 2.33. The summed E-state index contributed by atoms with van der Waals surface area (Å²) in [4.78, 5) is 2.21. The maximum atomic E-state index is 5.79. The molecular formula is C18H18BNO2. The van der Waals surface area contributed by atoms with Crippen LogP contribution < -0.4 is 10.4 Å². The summed E-state index contributed by atoms with van der Waals surface area (Å²) < 4.78 is 0. The van der Waals surface area contributed by atoms with Gasteiger partial charge in [0.1, 0.15) is 7.85 Å². The lowest BCUT2D eigenvalue weighted by molar-refractivity contribution is 0.823. The second-order valence-electron chi connectivity index (χ2n) is 4.60. The van der Waals surface area contributed by atoms with Crippen molar-refractivity contribution in [1.29, 1.82) is 0 Å². The van der Waals surface area contributed by atoms with Crippen LogP contribution in [0.2, 0.25) is 0 Å². The van der Waals surface area contributed by atoms with Crippen LogP contribution in [0.15, 0.2) is 84.9 Å². The van der Waals surface area contributed by atoms with Gasteiger partial charge in [-0.15, -0.1) is 0 Å². The van der Waals surface area contributed by atoms with Gasteiger partial charge < -0.3 is 15.9 Å². The Morgan fingerprint density at radius 1 is 0.500 bits per heavy atom. The maximum Gasteiger partial charge on any atom is 0.113 e. The Kier molecular flexibility index (Phi) is 6.38. The molecule has 3 aromatic carbocycles. The number of rotatable bonds is 3. The van der Waals surface area contributed by atoms with Gasteiger partial charge in [0.05, 0.1) is 0 Å². The fourth-order valence-electron chi connectivity index (χ4n) is 2.22. The lowest BCUT2D eigenvalue weighted by Crippen LogP contribution is -2.11. The number of benzene rings is 3. The summed E-state index contributed by atoms with van der Waals surface area (Å²) in [5, 5.41) is 0. The van der Waals surface area contributed by atoms with Crippen molar-refractivity contribution in [3.8, 4) is 0 Å². The summed E-state index contributed by atoms with van der Waals surface area (Å²) >= 11 is 0. The second-order valence-corrected chi connectivity index (χ2v) is 4.60. The maximum absolute atomic E-state index is 5.79. The average molecular weight is 291 g/mol. The summed E-state index contributed by atoms with van der Waals surface area (Å²) in [5.41, 5.74) is 4.12. The summed E-state index contributed by atoms with van der Waals surface area (Å²) in [6, 6.07) is 28.5. The molecule has 22 heavy (non-hydrogen) atoms. The molecule has 4 heteroatoms. The predicted molar refractivity (Wildman–Crippen MR) is 93.7 cm³/mol. The Balaban J connectivity index is 0.00000121. The van der Waals surface area contributed by atoms with E-state index in [-0.39, 0.29) is 11.0 Å². The minimum atomic E-state index is 0. The van der Waals surface area contributed by atoms with Crippen LogP contribution >= 0.6 is 0 Å². The summed E-state index contributed by atoms with van der Waals surface area (Å²) in [6.07, 6.45) is 0. The molecule has 110 valence electrons. The molecule has 0 heterocycles. The third kappa shape index (κ3) is 3.76. The number of hydrogen-bond acceptors (Lipinski definition) is 1. The quantitative estimate of drug-likeness (QED) is 0.683. The molecular weight excluding hydrogens is 273 g/mol. The van der Waals surface area contributed by atoms with E-state index in [1.165, 1.54) is 0 Å². The Labute approximate surface area is 131 Å². The van der Waals surface area contributed by atoms with E-state index < -0.39 is 0 Å². The highest BCUT2D eigenvalue weighted by atomic mass is 16.0. The smallest absolute Gasteiger partial charge is 0.113 e. The Morgan fingerprint density at radius 3 is 1.27 bits per heavy atom. The van der Waals surface area contributed by atoms with Crippen LogP contribution in [0.4, 0.5) is 17.1 Å². The number of hydrogen-bond donors (Lipinski definition) is 0. The van der Waals surface area contributed by atoms with Gasteiger partial charge in [-0.3, -0.25) is 0 Å². The number of para-hydroxylation sites is 2. The molecule has 0 atom stereocenters. The van der Waals surface area contributed by atoms with Gasteiger partial charge >= 0.3 is 0 Å². The molecule has 0 saturated heterocycles. The van der Waals surface area contributed by atoms with Crippen molar-refractivity contribution < 1.29 is 11.0 Å². The van der Waals surface area contributed by atoms with E-state index in [0.29, 0.717) is 0 Å². The van der Waals surface area contributed by atoms with Crippen molar-refractivity contribution in [3.05, 3.63) is 84.9 Å². The largest absolute Gasteiger partial charge is 0.412 e. The molecule has 3 aromatic rings. The molecule has 0 aliphatic rings. The van der Waals surface area contributed by atoms with E-state index in [0.717, 1.165) is 22.5 Å². The predicted octanol–water partition coefficient (Wildman–Crippen LogP) is 2.30. The molecule has 2 radical (unpaired) electrons. The van der Waals surface area contributed by atoms with Gasteiger partial charge in [0.2, 0.25) is 0 Å². The van der Waals surface area contributed by atoms with Crippen LogP contribution in [-0.4, -0.2) is 18.8 Å². The van der Waals surface area contributed by atoms with E-state index in [9.17, 15) is 0 Å². The average Bonchev–Trinajstić information content (AvgIpc) is 2.52. The van der Waals surface area contributed by atoms with Gasteiger partial charge in [0.15, 0.2) is 0 Å². The van der Waals surface area contributed by atoms with Crippen molar-refractivity contribution >= 4 is 30.4 Å². The Hall–Kier alpha value is -2.56. The molecule has 0 unspecified atom stereocenters. The first-order valence-electron chi connectivity index (χ1n) is 6.60. The standard InChI is InChI=1S/C18H14BN.2H2O/c19-15-11-13-18(14-12-15)20(16-7-3-1-4-8-16)17-9-5-2-6-10-17;;/h1-14H;2*1H2. The second kappa shape index (κ2) is 8.03. The van der Waals surface area contributed by atoms with Crippen molar-refractivity contribution in [2.24, 2.45) is 0 Å². The van der Waals surface area contributed by atoms with Crippen molar-refractivity contribution in [2.75, 3.05) is 4.90 Å². The molecule has 0 saturated carbocycles. The summed E-state index contributed by atoms with van der Waals surface area (Å²) in [6.45, 7) is 0. The third-order valence-electron chi connectivity index (χ3n) is 3.18. The first-order valence-corrected chi connectivity index (χ1v) is 6.60. The fourth-order valence-corrected chi connectivity index (χ4v) is 2.22. The van der Waals surface area contributed by atoms with E-state index in [4.69, 9.17) is 7.85 Å². The molecule has 4 N–H and O–H groups in total. The SMILES string of the molecule is O.O.[B]c1ccc(N(c2ccccc2)c2ccccc2)cc1. The van der Waals surface area contributed by atoms with Crippen molar-refractivity contribution in [3.63, 3.8) is 0 Å². The zero-order valence-electron chi connectivity index (χ0n) is 12.1. The molecule has 3 rings (SSSR count). The highest BCUT2D eigenvalue weighted by molar-refractivity contribution is 6.32.